The van der Waals surface area contributed by atoms with E-state index < -0.39 is 5.97 Å². The lowest BCUT2D eigenvalue weighted by Crippen LogP contribution is -2.13. The van der Waals surface area contributed by atoms with Crippen molar-refractivity contribution in [3.8, 4) is 0 Å². The molecule has 0 aromatic heterocycles. The summed E-state index contributed by atoms with van der Waals surface area (Å²) in [6.07, 6.45) is 9.46. The number of rotatable bonds is 11. The Morgan fingerprint density at radius 1 is 1.10 bits per heavy atom. The van der Waals surface area contributed by atoms with Crippen molar-refractivity contribution >= 4 is 17.6 Å². The topological polar surface area (TPSA) is 40.5 Å². The molecule has 0 aromatic carbocycles. The summed E-state index contributed by atoms with van der Waals surface area (Å²) >= 11 is 5.51. The zero-order chi connectivity index (χ0) is 15.8. The molecule has 0 rings (SSSR count). The minimum Gasteiger partial charge on any atom is -0.478 e. The molecule has 1 N–H and O–H groups in total. The van der Waals surface area contributed by atoms with Crippen LogP contribution in [0.5, 0.6) is 0 Å². The summed E-state index contributed by atoms with van der Waals surface area (Å²) in [4.78, 5) is 12.3. The van der Waals surface area contributed by atoms with Crippen LogP contribution in [0.3, 0.4) is 0 Å². The van der Waals surface area contributed by atoms with E-state index in [0.29, 0.717) is 12.0 Å². The Morgan fingerprint density at radius 3 is 2.10 bits per heavy atom. The van der Waals surface area contributed by atoms with E-state index in [9.17, 15) is 4.79 Å². The number of hydrogen-bond acceptors (Lipinski definition) is 2. The van der Waals surface area contributed by atoms with Gasteiger partial charge in [0.25, 0.3) is 0 Å². The average Bonchev–Trinajstić information content (AvgIpc) is 2.38. The number of nitrogens with zero attached hydrogens (tertiary/aromatic N) is 1. The highest BCUT2D eigenvalue weighted by molar-refractivity contribution is 6.17. The van der Waals surface area contributed by atoms with Crippen LogP contribution in [0, 0.1) is 0 Å². The lowest BCUT2D eigenvalue weighted by Gasteiger charge is -2.08. The molecular formula is C16H32ClNO2. The lowest BCUT2D eigenvalue weighted by molar-refractivity contribution is -0.132. The van der Waals surface area contributed by atoms with Gasteiger partial charge in [0.1, 0.15) is 0 Å². The van der Waals surface area contributed by atoms with E-state index in [1.165, 1.54) is 38.5 Å². The molecule has 0 atom stereocenters. The van der Waals surface area contributed by atoms with Gasteiger partial charge in [-0.2, -0.15) is 0 Å². The first-order chi connectivity index (χ1) is 9.45. The number of halogens is 1. The van der Waals surface area contributed by atoms with E-state index in [0.717, 1.165) is 18.8 Å². The normalized spacial score (nSPS) is 10.1. The van der Waals surface area contributed by atoms with Gasteiger partial charge in [0, 0.05) is 11.5 Å². The molecule has 0 aliphatic heterocycles. The van der Waals surface area contributed by atoms with Crippen LogP contribution >= 0.6 is 11.6 Å². The first kappa shape index (κ1) is 21.8. The highest BCUT2D eigenvalue weighted by Crippen LogP contribution is 2.05. The summed E-state index contributed by atoms with van der Waals surface area (Å²) < 4.78 is 0. The number of aliphatic carboxylic acids is 1. The fourth-order valence-electron chi connectivity index (χ4n) is 1.59. The summed E-state index contributed by atoms with van der Waals surface area (Å²) in [5, 5.41) is 8.43. The van der Waals surface area contributed by atoms with E-state index in [4.69, 9.17) is 16.7 Å². The molecule has 3 nitrogen and oxygen atoms in total. The number of carboxylic acid groups (broad SMARTS) is 1. The monoisotopic (exact) mass is 305 g/mol. The van der Waals surface area contributed by atoms with Crippen LogP contribution < -0.4 is 0 Å². The maximum absolute atomic E-state index is 10.3. The predicted octanol–water partition coefficient (Wildman–Crippen LogP) is 4.55. The van der Waals surface area contributed by atoms with Gasteiger partial charge in [-0.05, 0) is 39.9 Å². The molecule has 4 heteroatoms. The minimum absolute atomic E-state index is 0.298. The molecule has 20 heavy (non-hydrogen) atoms. The van der Waals surface area contributed by atoms with Crippen molar-refractivity contribution < 1.29 is 9.90 Å². The van der Waals surface area contributed by atoms with E-state index in [1.807, 2.05) is 19.0 Å². The Bertz CT molecular complexity index is 237. The molecule has 0 unspecified atom stereocenters. The van der Waals surface area contributed by atoms with Crippen LogP contribution in [0.15, 0.2) is 12.2 Å². The Hall–Kier alpha value is -0.540. The van der Waals surface area contributed by atoms with Crippen molar-refractivity contribution in [3.05, 3.63) is 12.2 Å². The molecule has 120 valence electrons. The van der Waals surface area contributed by atoms with Crippen LogP contribution in [0.4, 0.5) is 0 Å². The number of alkyl halides is 1. The standard InChI is InChI=1S/C8H17Cl.C8H15NO2/c1-2-3-4-5-6-7-8-9;1-7(8(10)11)5-4-6-9(2)3/h2-8H2,1H3;1,4-6H2,2-3H3,(H,10,11). The lowest BCUT2D eigenvalue weighted by atomic mass is 10.1. The van der Waals surface area contributed by atoms with Crippen LogP contribution in [-0.4, -0.2) is 42.5 Å². The zero-order valence-corrected chi connectivity index (χ0v) is 14.2. The molecule has 0 fully saturated rings. The van der Waals surface area contributed by atoms with Crippen molar-refractivity contribution in [1.29, 1.82) is 0 Å². The molecule has 0 saturated carbocycles. The van der Waals surface area contributed by atoms with E-state index in [2.05, 4.69) is 13.5 Å². The fraction of sp³-hybridized carbons (Fsp3) is 0.812. The molecule has 0 spiro atoms. The molecule has 0 aliphatic rings. The Labute approximate surface area is 130 Å². The van der Waals surface area contributed by atoms with Crippen molar-refractivity contribution in [2.24, 2.45) is 0 Å². The van der Waals surface area contributed by atoms with Gasteiger partial charge in [0.2, 0.25) is 0 Å². The third-order valence-corrected chi connectivity index (χ3v) is 3.14. The SMILES string of the molecule is C=C(CCCN(C)C)C(=O)O.CCCCCCCCCl. The van der Waals surface area contributed by atoms with Crippen molar-refractivity contribution in [2.75, 3.05) is 26.5 Å². The van der Waals surface area contributed by atoms with E-state index in [-0.39, 0.29) is 0 Å². The van der Waals surface area contributed by atoms with Gasteiger partial charge in [0.15, 0.2) is 0 Å². The molecular weight excluding hydrogens is 274 g/mol. The highest BCUT2D eigenvalue weighted by Gasteiger charge is 2.02. The second-order valence-electron chi connectivity index (χ2n) is 5.27. The Balaban J connectivity index is 0. The highest BCUT2D eigenvalue weighted by atomic mass is 35.5. The largest absolute Gasteiger partial charge is 0.478 e. The van der Waals surface area contributed by atoms with Gasteiger partial charge < -0.3 is 10.0 Å². The van der Waals surface area contributed by atoms with Crippen molar-refractivity contribution in [3.63, 3.8) is 0 Å². The Morgan fingerprint density at radius 2 is 1.65 bits per heavy atom. The predicted molar refractivity (Wildman–Crippen MR) is 88.7 cm³/mol. The van der Waals surface area contributed by atoms with Gasteiger partial charge in [-0.3, -0.25) is 0 Å². The number of unbranched alkanes of at least 4 members (excludes halogenated alkanes) is 5. The van der Waals surface area contributed by atoms with Crippen LogP contribution in [-0.2, 0) is 4.79 Å². The minimum atomic E-state index is -0.885. The summed E-state index contributed by atoms with van der Waals surface area (Å²) in [5.74, 6) is -0.0460. The van der Waals surface area contributed by atoms with Gasteiger partial charge in [-0.1, -0.05) is 45.6 Å². The fourth-order valence-corrected chi connectivity index (χ4v) is 1.78. The summed E-state index contributed by atoms with van der Waals surface area (Å²) in [5.41, 5.74) is 0.298. The maximum Gasteiger partial charge on any atom is 0.330 e. The number of carboxylic acids is 1. The number of carbonyl (C=O) groups is 1. The average molecular weight is 306 g/mol. The summed E-state index contributed by atoms with van der Waals surface area (Å²) in [6.45, 7) is 6.58. The van der Waals surface area contributed by atoms with Gasteiger partial charge in [-0.15, -0.1) is 11.6 Å². The third-order valence-electron chi connectivity index (χ3n) is 2.87. The summed E-state index contributed by atoms with van der Waals surface area (Å²) in [6, 6.07) is 0. The van der Waals surface area contributed by atoms with Crippen LogP contribution in [0.25, 0.3) is 0 Å². The van der Waals surface area contributed by atoms with Gasteiger partial charge in [0.05, 0.1) is 0 Å². The number of hydrogen-bond donors (Lipinski definition) is 1. The van der Waals surface area contributed by atoms with E-state index >= 15 is 0 Å². The second-order valence-corrected chi connectivity index (χ2v) is 5.65. The molecule has 0 aliphatic carbocycles. The molecule has 0 amide bonds. The van der Waals surface area contributed by atoms with Gasteiger partial charge >= 0.3 is 5.97 Å². The smallest absolute Gasteiger partial charge is 0.330 e. The van der Waals surface area contributed by atoms with Crippen LogP contribution in [0.1, 0.15) is 58.3 Å². The molecule has 0 radical (unpaired) electrons. The van der Waals surface area contributed by atoms with E-state index in [1.54, 1.807) is 0 Å². The van der Waals surface area contributed by atoms with Crippen molar-refractivity contribution in [1.82, 2.24) is 4.90 Å². The molecule has 0 heterocycles. The van der Waals surface area contributed by atoms with Gasteiger partial charge in [-0.25, -0.2) is 4.79 Å². The molecule has 0 bridgehead atoms. The van der Waals surface area contributed by atoms with Crippen LogP contribution in [0.2, 0.25) is 0 Å². The Kier molecular flexibility index (Phi) is 18.0. The second kappa shape index (κ2) is 16.5. The summed E-state index contributed by atoms with van der Waals surface area (Å²) in [7, 11) is 3.92. The maximum atomic E-state index is 10.3. The quantitative estimate of drug-likeness (QED) is 0.346. The molecule has 0 aromatic rings. The first-order valence-electron chi connectivity index (χ1n) is 7.57. The van der Waals surface area contributed by atoms with Crippen molar-refractivity contribution in [2.45, 2.75) is 58.3 Å². The molecule has 0 saturated heterocycles. The zero-order valence-electron chi connectivity index (χ0n) is 13.5. The first-order valence-corrected chi connectivity index (χ1v) is 8.10. The third kappa shape index (κ3) is 19.8.